The molecule has 1 aliphatic heterocycles. The molecule has 5 heteroatoms. The van der Waals surface area contributed by atoms with Crippen LogP contribution in [-0.4, -0.2) is 52.0 Å². The Morgan fingerprint density at radius 3 is 3.00 bits per heavy atom. The van der Waals surface area contributed by atoms with Crippen molar-refractivity contribution < 1.29 is 9.47 Å². The zero-order valence-corrected chi connectivity index (χ0v) is 11.0. The third-order valence-corrected chi connectivity index (χ3v) is 2.69. The van der Waals surface area contributed by atoms with Crippen molar-refractivity contribution >= 4 is 5.96 Å². The molecule has 1 saturated heterocycles. The van der Waals surface area contributed by atoms with Crippen molar-refractivity contribution in [2.45, 2.75) is 32.3 Å². The molecule has 0 aromatic heterocycles. The molecule has 1 unspecified atom stereocenters. The summed E-state index contributed by atoms with van der Waals surface area (Å²) in [6.45, 7) is 6.14. The van der Waals surface area contributed by atoms with Gasteiger partial charge in [-0.2, -0.15) is 0 Å². The maximum atomic E-state index is 5.56. The van der Waals surface area contributed by atoms with E-state index in [1.807, 2.05) is 0 Å². The van der Waals surface area contributed by atoms with Crippen LogP contribution < -0.4 is 10.6 Å². The van der Waals surface area contributed by atoms with E-state index >= 15 is 0 Å². The average Bonchev–Trinajstić information content (AvgIpc) is 2.82. The maximum absolute atomic E-state index is 5.56. The monoisotopic (exact) mass is 243 g/mol. The van der Waals surface area contributed by atoms with Gasteiger partial charge in [-0.15, -0.1) is 0 Å². The number of hydrogen-bond acceptors (Lipinski definition) is 3. The molecule has 17 heavy (non-hydrogen) atoms. The summed E-state index contributed by atoms with van der Waals surface area (Å²) in [6.07, 6.45) is 3.81. The predicted octanol–water partition coefficient (Wildman–Crippen LogP) is 0.757. The van der Waals surface area contributed by atoms with Gasteiger partial charge in [-0.05, 0) is 26.2 Å². The van der Waals surface area contributed by atoms with Crippen LogP contribution in [0.25, 0.3) is 0 Å². The van der Waals surface area contributed by atoms with Gasteiger partial charge >= 0.3 is 0 Å². The Bertz CT molecular complexity index is 216. The molecule has 0 aromatic carbocycles. The van der Waals surface area contributed by atoms with E-state index in [-0.39, 0.29) is 0 Å². The SMILES string of the molecule is CCNC(=NCCC1CCCO1)NCCOC. The number of hydrogen-bond donors (Lipinski definition) is 2. The second kappa shape index (κ2) is 9.24. The summed E-state index contributed by atoms with van der Waals surface area (Å²) in [7, 11) is 1.70. The first-order valence-electron chi connectivity index (χ1n) is 6.49. The summed E-state index contributed by atoms with van der Waals surface area (Å²) < 4.78 is 10.6. The molecular weight excluding hydrogens is 218 g/mol. The van der Waals surface area contributed by atoms with Crippen LogP contribution in [0.2, 0.25) is 0 Å². The van der Waals surface area contributed by atoms with E-state index in [1.165, 1.54) is 12.8 Å². The lowest BCUT2D eigenvalue weighted by molar-refractivity contribution is 0.106. The van der Waals surface area contributed by atoms with Gasteiger partial charge in [0.15, 0.2) is 5.96 Å². The van der Waals surface area contributed by atoms with E-state index in [2.05, 4.69) is 22.5 Å². The lowest BCUT2D eigenvalue weighted by atomic mass is 10.2. The smallest absolute Gasteiger partial charge is 0.191 e. The van der Waals surface area contributed by atoms with E-state index in [0.717, 1.165) is 38.6 Å². The Labute approximate surface area is 104 Å². The molecule has 0 aliphatic carbocycles. The van der Waals surface area contributed by atoms with Crippen molar-refractivity contribution in [1.29, 1.82) is 0 Å². The average molecular weight is 243 g/mol. The number of nitrogens with zero attached hydrogens (tertiary/aromatic N) is 1. The van der Waals surface area contributed by atoms with Gasteiger partial charge in [0, 0.05) is 33.4 Å². The largest absolute Gasteiger partial charge is 0.383 e. The van der Waals surface area contributed by atoms with Crippen molar-refractivity contribution in [2.75, 3.05) is 40.0 Å². The molecule has 0 spiro atoms. The second-order valence-corrected chi connectivity index (χ2v) is 4.10. The third kappa shape index (κ3) is 6.48. The number of rotatable bonds is 7. The molecule has 5 nitrogen and oxygen atoms in total. The van der Waals surface area contributed by atoms with Crippen LogP contribution in [0.1, 0.15) is 26.2 Å². The zero-order valence-electron chi connectivity index (χ0n) is 11.0. The number of aliphatic imine (C=N–C) groups is 1. The van der Waals surface area contributed by atoms with Crippen molar-refractivity contribution in [3.63, 3.8) is 0 Å². The minimum Gasteiger partial charge on any atom is -0.383 e. The van der Waals surface area contributed by atoms with Crippen molar-refractivity contribution in [2.24, 2.45) is 4.99 Å². The summed E-state index contributed by atoms with van der Waals surface area (Å²) in [4.78, 5) is 4.51. The minimum absolute atomic E-state index is 0.417. The summed E-state index contributed by atoms with van der Waals surface area (Å²) in [6, 6.07) is 0. The van der Waals surface area contributed by atoms with Crippen LogP contribution in [0.5, 0.6) is 0 Å². The fraction of sp³-hybridized carbons (Fsp3) is 0.917. The van der Waals surface area contributed by atoms with Crippen LogP contribution >= 0.6 is 0 Å². The van der Waals surface area contributed by atoms with Crippen LogP contribution in [0.15, 0.2) is 4.99 Å². The highest BCUT2D eigenvalue weighted by Gasteiger charge is 2.14. The van der Waals surface area contributed by atoms with Gasteiger partial charge in [-0.25, -0.2) is 0 Å². The van der Waals surface area contributed by atoms with Gasteiger partial charge in [0.2, 0.25) is 0 Å². The number of ether oxygens (including phenoxy) is 2. The van der Waals surface area contributed by atoms with Gasteiger partial charge in [-0.3, -0.25) is 4.99 Å². The third-order valence-electron chi connectivity index (χ3n) is 2.69. The molecule has 0 amide bonds. The molecule has 1 rings (SSSR count). The molecule has 1 fully saturated rings. The van der Waals surface area contributed by atoms with Crippen LogP contribution in [0, 0.1) is 0 Å². The fourth-order valence-electron chi connectivity index (χ4n) is 1.81. The minimum atomic E-state index is 0.417. The highest BCUT2D eigenvalue weighted by molar-refractivity contribution is 5.79. The van der Waals surface area contributed by atoms with E-state index in [9.17, 15) is 0 Å². The molecule has 0 saturated carbocycles. The normalized spacial score (nSPS) is 20.6. The van der Waals surface area contributed by atoms with Crippen LogP contribution in [0.3, 0.4) is 0 Å². The number of nitrogens with one attached hydrogen (secondary N) is 2. The quantitative estimate of drug-likeness (QED) is 0.394. The Kier molecular flexibility index (Phi) is 7.75. The van der Waals surface area contributed by atoms with Gasteiger partial charge in [-0.1, -0.05) is 0 Å². The highest BCUT2D eigenvalue weighted by atomic mass is 16.5. The van der Waals surface area contributed by atoms with E-state index in [4.69, 9.17) is 9.47 Å². The van der Waals surface area contributed by atoms with Crippen molar-refractivity contribution in [3.05, 3.63) is 0 Å². The zero-order chi connectivity index (χ0) is 12.3. The molecule has 0 aromatic rings. The predicted molar refractivity (Wildman–Crippen MR) is 69.4 cm³/mol. The lowest BCUT2D eigenvalue weighted by Crippen LogP contribution is -2.39. The maximum Gasteiger partial charge on any atom is 0.191 e. The Balaban J connectivity index is 2.19. The topological polar surface area (TPSA) is 54.9 Å². The first-order valence-corrected chi connectivity index (χ1v) is 6.49. The molecule has 2 N–H and O–H groups in total. The van der Waals surface area contributed by atoms with Gasteiger partial charge in [0.1, 0.15) is 0 Å². The highest BCUT2D eigenvalue weighted by Crippen LogP contribution is 2.14. The molecule has 0 bridgehead atoms. The lowest BCUT2D eigenvalue weighted by Gasteiger charge is -2.11. The van der Waals surface area contributed by atoms with E-state index in [1.54, 1.807) is 7.11 Å². The van der Waals surface area contributed by atoms with Gasteiger partial charge in [0.25, 0.3) is 0 Å². The fourth-order valence-corrected chi connectivity index (χ4v) is 1.81. The standard InChI is InChI=1S/C12H25N3O2/c1-3-13-12(15-8-10-16-2)14-7-6-11-5-4-9-17-11/h11H,3-10H2,1-2H3,(H2,13,14,15). The second-order valence-electron chi connectivity index (χ2n) is 4.10. The molecule has 0 radical (unpaired) electrons. The van der Waals surface area contributed by atoms with Crippen LogP contribution in [0.4, 0.5) is 0 Å². The molecule has 1 aliphatic rings. The van der Waals surface area contributed by atoms with Crippen LogP contribution in [-0.2, 0) is 9.47 Å². The van der Waals surface area contributed by atoms with E-state index < -0.39 is 0 Å². The van der Waals surface area contributed by atoms with Gasteiger partial charge < -0.3 is 20.1 Å². The Hall–Kier alpha value is -0.810. The molecule has 1 atom stereocenters. The molecular formula is C12H25N3O2. The Morgan fingerprint density at radius 2 is 2.35 bits per heavy atom. The summed E-state index contributed by atoms with van der Waals surface area (Å²) in [5.74, 6) is 0.863. The first-order chi connectivity index (χ1) is 8.36. The number of methoxy groups -OCH3 is 1. The summed E-state index contributed by atoms with van der Waals surface area (Å²) in [5, 5.41) is 6.43. The van der Waals surface area contributed by atoms with Gasteiger partial charge in [0.05, 0.1) is 12.7 Å². The summed E-state index contributed by atoms with van der Waals surface area (Å²) >= 11 is 0. The van der Waals surface area contributed by atoms with Crippen molar-refractivity contribution in [3.8, 4) is 0 Å². The Morgan fingerprint density at radius 1 is 1.47 bits per heavy atom. The number of guanidine groups is 1. The van der Waals surface area contributed by atoms with E-state index in [0.29, 0.717) is 12.7 Å². The summed E-state index contributed by atoms with van der Waals surface area (Å²) in [5.41, 5.74) is 0. The molecule has 100 valence electrons. The van der Waals surface area contributed by atoms with Crippen molar-refractivity contribution in [1.82, 2.24) is 10.6 Å². The first kappa shape index (κ1) is 14.3. The molecule has 1 heterocycles.